The fourth-order valence-electron chi connectivity index (χ4n) is 2.70. The molecule has 0 spiro atoms. The Bertz CT molecular complexity index is 251. The number of amides is 1. The average Bonchev–Trinajstić information content (AvgIpc) is 2.82. The summed E-state index contributed by atoms with van der Waals surface area (Å²) >= 11 is 0. The molecule has 0 aliphatic carbocycles. The van der Waals surface area contributed by atoms with Gasteiger partial charge in [0.15, 0.2) is 0 Å². The molecule has 0 aromatic heterocycles. The maximum absolute atomic E-state index is 12.2. The van der Waals surface area contributed by atoms with E-state index < -0.39 is 0 Å². The standard InChI is InChI=1S/C12H23N3O/c1-3-10-9-15(8-7-14(10)2)12(16)11-5-4-6-13-11/h10-11,13H,3-9H2,1-2H3. The van der Waals surface area contributed by atoms with Crippen LogP contribution in [-0.2, 0) is 4.79 Å². The maximum Gasteiger partial charge on any atom is 0.239 e. The molecule has 0 aromatic rings. The number of hydrogen-bond donors (Lipinski definition) is 1. The SMILES string of the molecule is CCC1CN(C(=O)C2CCCN2)CCN1C. The molecule has 1 amide bonds. The second kappa shape index (κ2) is 5.15. The molecule has 1 N–H and O–H groups in total. The minimum Gasteiger partial charge on any atom is -0.338 e. The molecule has 2 saturated heterocycles. The lowest BCUT2D eigenvalue weighted by atomic mass is 10.1. The summed E-state index contributed by atoms with van der Waals surface area (Å²) in [5, 5.41) is 3.29. The Morgan fingerprint density at radius 2 is 2.25 bits per heavy atom. The largest absolute Gasteiger partial charge is 0.338 e. The summed E-state index contributed by atoms with van der Waals surface area (Å²) in [7, 11) is 2.16. The molecule has 92 valence electrons. The van der Waals surface area contributed by atoms with Gasteiger partial charge in [0.1, 0.15) is 0 Å². The van der Waals surface area contributed by atoms with Gasteiger partial charge in [0.25, 0.3) is 0 Å². The van der Waals surface area contributed by atoms with Crippen molar-refractivity contribution < 1.29 is 4.79 Å². The van der Waals surface area contributed by atoms with Crippen LogP contribution in [0.15, 0.2) is 0 Å². The Morgan fingerprint density at radius 1 is 1.44 bits per heavy atom. The predicted molar refractivity (Wildman–Crippen MR) is 64.3 cm³/mol. The second-order valence-electron chi connectivity index (χ2n) is 4.98. The smallest absolute Gasteiger partial charge is 0.239 e. The van der Waals surface area contributed by atoms with E-state index in [-0.39, 0.29) is 6.04 Å². The van der Waals surface area contributed by atoms with Crippen molar-refractivity contribution >= 4 is 5.91 Å². The summed E-state index contributed by atoms with van der Waals surface area (Å²) in [5.41, 5.74) is 0. The van der Waals surface area contributed by atoms with Gasteiger partial charge in [0.2, 0.25) is 5.91 Å². The number of carbonyl (C=O) groups excluding carboxylic acids is 1. The molecule has 2 unspecified atom stereocenters. The van der Waals surface area contributed by atoms with Crippen molar-refractivity contribution in [3.05, 3.63) is 0 Å². The third-order valence-electron chi connectivity index (χ3n) is 3.92. The van der Waals surface area contributed by atoms with Crippen molar-refractivity contribution in [1.29, 1.82) is 0 Å². The summed E-state index contributed by atoms with van der Waals surface area (Å²) < 4.78 is 0. The van der Waals surface area contributed by atoms with Gasteiger partial charge < -0.3 is 10.2 Å². The molecular weight excluding hydrogens is 202 g/mol. The van der Waals surface area contributed by atoms with Crippen molar-refractivity contribution in [2.24, 2.45) is 0 Å². The zero-order valence-electron chi connectivity index (χ0n) is 10.4. The highest BCUT2D eigenvalue weighted by Crippen LogP contribution is 2.14. The van der Waals surface area contributed by atoms with E-state index in [0.717, 1.165) is 45.4 Å². The normalized spacial score (nSPS) is 32.0. The first-order chi connectivity index (χ1) is 7.72. The Kier molecular flexibility index (Phi) is 3.82. The molecule has 2 rings (SSSR count). The lowest BCUT2D eigenvalue weighted by Crippen LogP contribution is -2.56. The monoisotopic (exact) mass is 225 g/mol. The number of piperazine rings is 1. The van der Waals surface area contributed by atoms with Crippen LogP contribution in [0, 0.1) is 0 Å². The van der Waals surface area contributed by atoms with Crippen LogP contribution in [0.5, 0.6) is 0 Å². The van der Waals surface area contributed by atoms with Crippen LogP contribution < -0.4 is 5.32 Å². The first kappa shape index (κ1) is 11.9. The number of rotatable bonds is 2. The predicted octanol–water partition coefficient (Wildman–Crippen LogP) is 0.291. The lowest BCUT2D eigenvalue weighted by molar-refractivity contribution is -0.135. The minimum absolute atomic E-state index is 0.0981. The molecule has 0 saturated carbocycles. The quantitative estimate of drug-likeness (QED) is 0.734. The molecule has 16 heavy (non-hydrogen) atoms. The first-order valence-electron chi connectivity index (χ1n) is 6.44. The van der Waals surface area contributed by atoms with Crippen LogP contribution in [0.25, 0.3) is 0 Å². The number of carbonyl (C=O) groups is 1. The highest BCUT2D eigenvalue weighted by Gasteiger charge is 2.31. The van der Waals surface area contributed by atoms with Crippen molar-refractivity contribution in [1.82, 2.24) is 15.1 Å². The zero-order chi connectivity index (χ0) is 11.5. The molecule has 2 heterocycles. The summed E-state index contributed by atoms with van der Waals surface area (Å²) in [6, 6.07) is 0.639. The van der Waals surface area contributed by atoms with Gasteiger partial charge in [-0.05, 0) is 32.9 Å². The van der Waals surface area contributed by atoms with Crippen molar-refractivity contribution in [3.63, 3.8) is 0 Å². The highest BCUT2D eigenvalue weighted by atomic mass is 16.2. The van der Waals surface area contributed by atoms with Gasteiger partial charge in [-0.2, -0.15) is 0 Å². The van der Waals surface area contributed by atoms with E-state index in [1.165, 1.54) is 0 Å². The van der Waals surface area contributed by atoms with Crippen LogP contribution in [0.4, 0.5) is 0 Å². The average molecular weight is 225 g/mol. The van der Waals surface area contributed by atoms with E-state index in [1.807, 2.05) is 0 Å². The van der Waals surface area contributed by atoms with E-state index in [9.17, 15) is 4.79 Å². The summed E-state index contributed by atoms with van der Waals surface area (Å²) in [4.78, 5) is 16.6. The van der Waals surface area contributed by atoms with Crippen LogP contribution in [0.1, 0.15) is 26.2 Å². The van der Waals surface area contributed by atoms with E-state index in [4.69, 9.17) is 0 Å². The molecule has 2 aliphatic heterocycles. The fraction of sp³-hybridized carbons (Fsp3) is 0.917. The molecule has 4 heteroatoms. The second-order valence-corrected chi connectivity index (χ2v) is 4.98. The van der Waals surface area contributed by atoms with Gasteiger partial charge in [-0.15, -0.1) is 0 Å². The van der Waals surface area contributed by atoms with Gasteiger partial charge in [-0.3, -0.25) is 9.69 Å². The Morgan fingerprint density at radius 3 is 2.88 bits per heavy atom. The van der Waals surface area contributed by atoms with Crippen LogP contribution in [-0.4, -0.2) is 61.0 Å². The molecule has 0 bridgehead atoms. The zero-order valence-corrected chi connectivity index (χ0v) is 10.4. The molecular formula is C12H23N3O. The number of likely N-dealkylation sites (N-methyl/N-ethyl adjacent to an activating group) is 1. The third kappa shape index (κ3) is 2.38. The third-order valence-corrected chi connectivity index (χ3v) is 3.92. The van der Waals surface area contributed by atoms with Crippen molar-refractivity contribution in [2.75, 3.05) is 33.2 Å². The van der Waals surface area contributed by atoms with E-state index in [1.54, 1.807) is 0 Å². The topological polar surface area (TPSA) is 35.6 Å². The van der Waals surface area contributed by atoms with Crippen LogP contribution in [0.2, 0.25) is 0 Å². The van der Waals surface area contributed by atoms with Crippen LogP contribution >= 0.6 is 0 Å². The maximum atomic E-state index is 12.2. The van der Waals surface area contributed by atoms with E-state index in [0.29, 0.717) is 11.9 Å². The molecule has 0 aromatic carbocycles. The number of nitrogens with zero attached hydrogens (tertiary/aromatic N) is 2. The number of nitrogens with one attached hydrogen (secondary N) is 1. The fourth-order valence-corrected chi connectivity index (χ4v) is 2.70. The molecule has 4 nitrogen and oxygen atoms in total. The lowest BCUT2D eigenvalue weighted by Gasteiger charge is -2.40. The van der Waals surface area contributed by atoms with Crippen molar-refractivity contribution in [2.45, 2.75) is 38.3 Å². The van der Waals surface area contributed by atoms with Gasteiger partial charge in [0, 0.05) is 25.7 Å². The molecule has 2 aliphatic rings. The Hall–Kier alpha value is -0.610. The van der Waals surface area contributed by atoms with E-state index in [2.05, 4.69) is 29.1 Å². The summed E-state index contributed by atoms with van der Waals surface area (Å²) in [5.74, 6) is 0.323. The summed E-state index contributed by atoms with van der Waals surface area (Å²) in [6.45, 7) is 6.01. The number of hydrogen-bond acceptors (Lipinski definition) is 3. The Labute approximate surface area is 98.0 Å². The minimum atomic E-state index is 0.0981. The van der Waals surface area contributed by atoms with Gasteiger partial charge in [-0.1, -0.05) is 6.92 Å². The Balaban J connectivity index is 1.91. The first-order valence-corrected chi connectivity index (χ1v) is 6.44. The molecule has 2 atom stereocenters. The van der Waals surface area contributed by atoms with Gasteiger partial charge >= 0.3 is 0 Å². The van der Waals surface area contributed by atoms with E-state index >= 15 is 0 Å². The van der Waals surface area contributed by atoms with Gasteiger partial charge in [0.05, 0.1) is 6.04 Å². The van der Waals surface area contributed by atoms with Gasteiger partial charge in [-0.25, -0.2) is 0 Å². The van der Waals surface area contributed by atoms with Crippen LogP contribution in [0.3, 0.4) is 0 Å². The molecule has 0 radical (unpaired) electrons. The summed E-state index contributed by atoms with van der Waals surface area (Å²) in [6.07, 6.45) is 3.28. The van der Waals surface area contributed by atoms with Crippen molar-refractivity contribution in [3.8, 4) is 0 Å². The highest BCUT2D eigenvalue weighted by molar-refractivity contribution is 5.82. The molecule has 2 fully saturated rings.